The predicted molar refractivity (Wildman–Crippen MR) is 127 cm³/mol. The van der Waals surface area contributed by atoms with Crippen LogP contribution in [0.1, 0.15) is 44.2 Å². The van der Waals surface area contributed by atoms with Gasteiger partial charge in [0, 0.05) is 30.2 Å². The normalized spacial score (nSPS) is 11.6. The first-order chi connectivity index (χ1) is 15.0. The lowest BCUT2D eigenvalue weighted by Gasteiger charge is -2.30. The fourth-order valence-corrected chi connectivity index (χ4v) is 4.09. The largest absolute Gasteiger partial charge is 0.497 e. The molecule has 0 fully saturated rings. The summed E-state index contributed by atoms with van der Waals surface area (Å²) in [4.78, 5) is 28.8. The summed E-state index contributed by atoms with van der Waals surface area (Å²) in [5.41, 5.74) is 2.19. The lowest BCUT2D eigenvalue weighted by molar-refractivity contribution is -0.141. The Balaban J connectivity index is 2.10. The van der Waals surface area contributed by atoms with Crippen molar-refractivity contribution in [2.45, 2.75) is 57.5 Å². The van der Waals surface area contributed by atoms with Crippen molar-refractivity contribution in [2.75, 3.05) is 19.4 Å². The van der Waals surface area contributed by atoms with Crippen molar-refractivity contribution in [3.05, 3.63) is 59.7 Å². The summed E-state index contributed by atoms with van der Waals surface area (Å²) in [7, 11) is 1.63. The third-order valence-corrected chi connectivity index (χ3v) is 6.07. The van der Waals surface area contributed by atoms with Gasteiger partial charge in [0.05, 0.1) is 7.11 Å². The van der Waals surface area contributed by atoms with Crippen molar-refractivity contribution < 1.29 is 14.3 Å². The molecule has 2 aromatic carbocycles. The van der Waals surface area contributed by atoms with E-state index >= 15 is 0 Å². The monoisotopic (exact) mass is 442 g/mol. The Bertz CT molecular complexity index is 822. The van der Waals surface area contributed by atoms with Gasteiger partial charge in [0.25, 0.3) is 0 Å². The van der Waals surface area contributed by atoms with Crippen LogP contribution in [-0.4, -0.2) is 42.2 Å². The molecule has 2 rings (SSSR count). The Kier molecular flexibility index (Phi) is 10.4. The number of methoxy groups -OCH3 is 1. The van der Waals surface area contributed by atoms with Crippen LogP contribution in [-0.2, 0) is 16.1 Å². The van der Waals surface area contributed by atoms with E-state index in [0.717, 1.165) is 22.6 Å². The van der Waals surface area contributed by atoms with Crippen LogP contribution < -0.4 is 10.1 Å². The molecule has 0 saturated carbocycles. The van der Waals surface area contributed by atoms with Crippen LogP contribution in [0.4, 0.5) is 0 Å². The summed E-state index contributed by atoms with van der Waals surface area (Å²) in [6.07, 6.45) is 1.82. The SMILES string of the molecule is CCCNC(=O)[C@H](CC)N(Cc1ccc(OC)cc1)C(=O)CCSc1ccc(C)cc1. The van der Waals surface area contributed by atoms with Gasteiger partial charge < -0.3 is 15.0 Å². The minimum atomic E-state index is -0.481. The van der Waals surface area contributed by atoms with E-state index in [9.17, 15) is 9.59 Å². The minimum absolute atomic E-state index is 0.00562. The number of benzene rings is 2. The Morgan fingerprint density at radius 3 is 2.32 bits per heavy atom. The van der Waals surface area contributed by atoms with Gasteiger partial charge in [-0.2, -0.15) is 0 Å². The van der Waals surface area contributed by atoms with Gasteiger partial charge in [0.15, 0.2) is 0 Å². The molecule has 2 aromatic rings. The van der Waals surface area contributed by atoms with Crippen LogP contribution in [0, 0.1) is 6.92 Å². The fourth-order valence-electron chi connectivity index (χ4n) is 3.25. The van der Waals surface area contributed by atoms with Crippen LogP contribution in [0.25, 0.3) is 0 Å². The molecule has 1 atom stereocenters. The molecular formula is C25H34N2O3S. The van der Waals surface area contributed by atoms with Gasteiger partial charge in [0.1, 0.15) is 11.8 Å². The van der Waals surface area contributed by atoms with Crippen LogP contribution >= 0.6 is 11.8 Å². The first kappa shape index (κ1) is 24.8. The topological polar surface area (TPSA) is 58.6 Å². The number of nitrogens with zero attached hydrogens (tertiary/aromatic N) is 1. The molecule has 6 heteroatoms. The van der Waals surface area contributed by atoms with Crippen LogP contribution in [0.5, 0.6) is 5.75 Å². The summed E-state index contributed by atoms with van der Waals surface area (Å²) in [6, 6.07) is 15.5. The smallest absolute Gasteiger partial charge is 0.242 e. The first-order valence-electron chi connectivity index (χ1n) is 10.9. The van der Waals surface area contributed by atoms with E-state index in [0.29, 0.717) is 31.7 Å². The average Bonchev–Trinajstić information content (AvgIpc) is 2.79. The standard InChI is InChI=1S/C25H34N2O3S/c1-5-16-26-25(29)23(6-2)27(18-20-9-11-21(30-4)12-10-20)24(28)15-17-31-22-13-7-19(3)8-14-22/h7-14,23H,5-6,15-18H2,1-4H3,(H,26,29)/t23-/m0/s1. The van der Waals surface area contributed by atoms with Crippen LogP contribution in [0.2, 0.25) is 0 Å². The van der Waals surface area contributed by atoms with Crippen molar-refractivity contribution in [3.63, 3.8) is 0 Å². The summed E-state index contributed by atoms with van der Waals surface area (Å²) in [5, 5.41) is 2.95. The lowest BCUT2D eigenvalue weighted by atomic mass is 10.1. The molecule has 5 nitrogen and oxygen atoms in total. The van der Waals surface area contributed by atoms with Gasteiger partial charge in [-0.3, -0.25) is 9.59 Å². The molecule has 168 valence electrons. The number of amides is 2. The molecule has 0 aliphatic rings. The van der Waals surface area contributed by atoms with Crippen molar-refractivity contribution >= 4 is 23.6 Å². The maximum absolute atomic E-state index is 13.2. The highest BCUT2D eigenvalue weighted by molar-refractivity contribution is 7.99. The maximum atomic E-state index is 13.2. The van der Waals surface area contributed by atoms with Gasteiger partial charge in [0.2, 0.25) is 11.8 Å². The van der Waals surface area contributed by atoms with E-state index in [1.165, 1.54) is 5.56 Å². The Labute approximate surface area is 190 Å². The van der Waals surface area contributed by atoms with Crippen LogP contribution in [0.3, 0.4) is 0 Å². The van der Waals surface area contributed by atoms with E-state index in [4.69, 9.17) is 4.74 Å². The molecule has 0 saturated heterocycles. The van der Waals surface area contributed by atoms with E-state index in [1.807, 2.05) is 38.1 Å². The molecule has 0 aliphatic carbocycles. The Morgan fingerprint density at radius 1 is 1.06 bits per heavy atom. The van der Waals surface area contributed by atoms with Crippen molar-refractivity contribution in [2.24, 2.45) is 0 Å². The first-order valence-corrected chi connectivity index (χ1v) is 11.9. The molecule has 2 amide bonds. The summed E-state index contributed by atoms with van der Waals surface area (Å²) >= 11 is 1.66. The number of ether oxygens (including phenoxy) is 1. The zero-order valence-electron chi connectivity index (χ0n) is 19.0. The van der Waals surface area contributed by atoms with Crippen molar-refractivity contribution in [1.29, 1.82) is 0 Å². The highest BCUT2D eigenvalue weighted by Gasteiger charge is 2.28. The summed E-state index contributed by atoms with van der Waals surface area (Å²) in [6.45, 7) is 7.04. The minimum Gasteiger partial charge on any atom is -0.497 e. The molecule has 0 aromatic heterocycles. The number of rotatable bonds is 12. The molecule has 0 bridgehead atoms. The number of aryl methyl sites for hydroxylation is 1. The van der Waals surface area contributed by atoms with Gasteiger partial charge in [-0.15, -0.1) is 11.8 Å². The van der Waals surface area contributed by atoms with Gasteiger partial charge >= 0.3 is 0 Å². The van der Waals surface area contributed by atoms with E-state index in [-0.39, 0.29) is 11.8 Å². The van der Waals surface area contributed by atoms with E-state index in [1.54, 1.807) is 23.8 Å². The zero-order chi connectivity index (χ0) is 22.6. The molecular weight excluding hydrogens is 408 g/mol. The molecule has 0 aliphatic heterocycles. The second-order valence-electron chi connectivity index (χ2n) is 7.50. The number of hydrogen-bond donors (Lipinski definition) is 1. The summed E-state index contributed by atoms with van der Waals surface area (Å²) in [5.74, 6) is 1.35. The Morgan fingerprint density at radius 2 is 1.74 bits per heavy atom. The molecule has 0 heterocycles. The highest BCUT2D eigenvalue weighted by Crippen LogP contribution is 2.21. The third-order valence-electron chi connectivity index (χ3n) is 5.05. The number of thioether (sulfide) groups is 1. The molecule has 1 N–H and O–H groups in total. The fraction of sp³-hybridized carbons (Fsp3) is 0.440. The second-order valence-corrected chi connectivity index (χ2v) is 8.66. The molecule has 0 spiro atoms. The summed E-state index contributed by atoms with van der Waals surface area (Å²) < 4.78 is 5.23. The second kappa shape index (κ2) is 13.1. The van der Waals surface area contributed by atoms with Crippen molar-refractivity contribution in [1.82, 2.24) is 10.2 Å². The molecule has 31 heavy (non-hydrogen) atoms. The quantitative estimate of drug-likeness (QED) is 0.479. The Hall–Kier alpha value is -2.47. The van der Waals surface area contributed by atoms with Gasteiger partial charge in [-0.25, -0.2) is 0 Å². The zero-order valence-corrected chi connectivity index (χ0v) is 19.8. The third kappa shape index (κ3) is 7.94. The number of carbonyl (C=O) groups excluding carboxylic acids is 2. The number of nitrogens with one attached hydrogen (secondary N) is 1. The van der Waals surface area contributed by atoms with E-state index < -0.39 is 6.04 Å². The number of hydrogen-bond acceptors (Lipinski definition) is 4. The molecule has 0 radical (unpaired) electrons. The maximum Gasteiger partial charge on any atom is 0.242 e. The highest BCUT2D eigenvalue weighted by atomic mass is 32.2. The predicted octanol–water partition coefficient (Wildman–Crippen LogP) is 4.82. The van der Waals surface area contributed by atoms with Gasteiger partial charge in [-0.1, -0.05) is 43.7 Å². The van der Waals surface area contributed by atoms with Crippen LogP contribution in [0.15, 0.2) is 53.4 Å². The lowest BCUT2D eigenvalue weighted by Crippen LogP contribution is -2.49. The average molecular weight is 443 g/mol. The van der Waals surface area contributed by atoms with Crippen molar-refractivity contribution in [3.8, 4) is 5.75 Å². The van der Waals surface area contributed by atoms with Gasteiger partial charge in [-0.05, 0) is 49.6 Å². The molecule has 0 unspecified atom stereocenters. The van der Waals surface area contributed by atoms with E-state index in [2.05, 4.69) is 36.5 Å². The number of carbonyl (C=O) groups is 2.